The molecule has 5 heteroatoms. The van der Waals surface area contributed by atoms with E-state index in [-0.39, 0.29) is 16.9 Å². The van der Waals surface area contributed by atoms with Crippen LogP contribution in [0, 0.1) is 0 Å². The minimum absolute atomic E-state index is 0.188. The van der Waals surface area contributed by atoms with E-state index in [0.717, 1.165) is 16.7 Å². The standard InChI is InChI=1S/C17H27O4P/c1-11(21-22(19)20)8-12-9-13(16(2,3)4)15(18)14(10-12)17(5,6)7/h9-11H,8H2,1-7H3,(H-,18,19,20)/p+1. The third kappa shape index (κ3) is 5.05. The summed E-state index contributed by atoms with van der Waals surface area (Å²) in [5.74, 6) is 0.338. The number of aromatic hydroxyl groups is 1. The van der Waals surface area contributed by atoms with Gasteiger partial charge in [0.1, 0.15) is 11.9 Å². The maximum atomic E-state index is 10.8. The Morgan fingerprint density at radius 3 is 1.82 bits per heavy atom. The summed E-state index contributed by atoms with van der Waals surface area (Å²) in [7, 11) is -2.60. The van der Waals surface area contributed by atoms with Gasteiger partial charge in [0.2, 0.25) is 0 Å². The minimum Gasteiger partial charge on any atom is -0.507 e. The lowest BCUT2D eigenvalue weighted by atomic mass is 9.78. The van der Waals surface area contributed by atoms with E-state index < -0.39 is 8.25 Å². The van der Waals surface area contributed by atoms with Crippen molar-refractivity contribution >= 4 is 8.25 Å². The van der Waals surface area contributed by atoms with Crippen LogP contribution < -0.4 is 0 Å². The van der Waals surface area contributed by atoms with E-state index in [0.29, 0.717) is 12.2 Å². The third-order valence-electron chi connectivity index (χ3n) is 3.58. The van der Waals surface area contributed by atoms with Crippen molar-refractivity contribution < 1.29 is 19.1 Å². The average Bonchev–Trinajstić information content (AvgIpc) is 2.26. The molecule has 4 nitrogen and oxygen atoms in total. The van der Waals surface area contributed by atoms with Crippen molar-refractivity contribution in [3.8, 4) is 5.75 Å². The Bertz CT molecular complexity index is 518. The maximum absolute atomic E-state index is 10.8. The molecular weight excluding hydrogens is 299 g/mol. The zero-order valence-corrected chi connectivity index (χ0v) is 15.5. The molecule has 0 heterocycles. The highest BCUT2D eigenvalue weighted by molar-refractivity contribution is 7.32. The largest absolute Gasteiger partial charge is 0.694 e. The molecule has 0 aliphatic rings. The third-order valence-corrected chi connectivity index (χ3v) is 4.12. The zero-order valence-electron chi connectivity index (χ0n) is 14.6. The van der Waals surface area contributed by atoms with Crippen LogP contribution in [0.1, 0.15) is 65.2 Å². The molecule has 2 atom stereocenters. The molecule has 0 saturated carbocycles. The molecule has 2 N–H and O–H groups in total. The molecular formula is C17H28O4P+. The van der Waals surface area contributed by atoms with Gasteiger partial charge in [-0.1, -0.05) is 53.7 Å². The van der Waals surface area contributed by atoms with Crippen LogP contribution >= 0.6 is 8.25 Å². The highest BCUT2D eigenvalue weighted by atomic mass is 31.1. The normalized spacial score (nSPS) is 14.8. The lowest BCUT2D eigenvalue weighted by Crippen LogP contribution is -2.19. The topological polar surface area (TPSA) is 66.8 Å². The van der Waals surface area contributed by atoms with Crippen LogP contribution in [0.15, 0.2) is 12.1 Å². The highest BCUT2D eigenvalue weighted by Crippen LogP contribution is 2.40. The van der Waals surface area contributed by atoms with Crippen LogP contribution in [0.25, 0.3) is 0 Å². The van der Waals surface area contributed by atoms with Crippen molar-refractivity contribution in [3.63, 3.8) is 0 Å². The van der Waals surface area contributed by atoms with Crippen molar-refractivity contribution in [2.75, 3.05) is 0 Å². The predicted molar refractivity (Wildman–Crippen MR) is 89.6 cm³/mol. The van der Waals surface area contributed by atoms with Gasteiger partial charge < -0.3 is 5.11 Å². The Kier molecular flexibility index (Phi) is 5.77. The molecule has 1 aromatic rings. The first kappa shape index (κ1) is 19.1. The summed E-state index contributed by atoms with van der Waals surface area (Å²) >= 11 is 0. The maximum Gasteiger partial charge on any atom is 0.694 e. The summed E-state index contributed by atoms with van der Waals surface area (Å²) in [5.41, 5.74) is 2.39. The lowest BCUT2D eigenvalue weighted by molar-refractivity contribution is 0.205. The first-order valence-electron chi connectivity index (χ1n) is 7.52. The van der Waals surface area contributed by atoms with Gasteiger partial charge in [-0.05, 0) is 34.4 Å². The van der Waals surface area contributed by atoms with Crippen LogP contribution in [-0.2, 0) is 26.3 Å². The Balaban J connectivity index is 3.32. The first-order chi connectivity index (χ1) is 9.82. The van der Waals surface area contributed by atoms with E-state index in [1.54, 1.807) is 6.92 Å². The number of phenols is 1. The van der Waals surface area contributed by atoms with Crippen molar-refractivity contribution in [1.82, 2.24) is 0 Å². The van der Waals surface area contributed by atoms with Crippen molar-refractivity contribution in [2.45, 2.75) is 71.8 Å². The van der Waals surface area contributed by atoms with Gasteiger partial charge in [0.25, 0.3) is 0 Å². The fourth-order valence-electron chi connectivity index (χ4n) is 2.48. The molecule has 0 aliphatic carbocycles. The average molecular weight is 327 g/mol. The molecule has 0 bridgehead atoms. The second-order valence-corrected chi connectivity index (χ2v) is 8.58. The summed E-state index contributed by atoms with van der Waals surface area (Å²) < 4.78 is 15.7. The van der Waals surface area contributed by atoms with Gasteiger partial charge in [-0.15, -0.1) is 9.42 Å². The number of hydrogen-bond acceptors (Lipinski definition) is 3. The van der Waals surface area contributed by atoms with E-state index in [1.165, 1.54) is 0 Å². The van der Waals surface area contributed by atoms with Gasteiger partial charge in [-0.2, -0.15) is 0 Å². The molecule has 0 radical (unpaired) electrons. The molecule has 1 aromatic carbocycles. The van der Waals surface area contributed by atoms with Crippen molar-refractivity contribution in [2.24, 2.45) is 0 Å². The van der Waals surface area contributed by atoms with E-state index in [1.807, 2.05) is 12.1 Å². The number of hydrogen-bond donors (Lipinski definition) is 2. The van der Waals surface area contributed by atoms with E-state index in [4.69, 9.17) is 9.42 Å². The van der Waals surface area contributed by atoms with Gasteiger partial charge in [-0.3, -0.25) is 0 Å². The molecule has 0 amide bonds. The molecule has 0 spiro atoms. The Hall–Kier alpha value is -0.960. The molecule has 0 aromatic heterocycles. The van der Waals surface area contributed by atoms with Crippen LogP contribution in [0.3, 0.4) is 0 Å². The fraction of sp³-hybridized carbons (Fsp3) is 0.647. The second kappa shape index (κ2) is 6.66. The summed E-state index contributed by atoms with van der Waals surface area (Å²) in [6.45, 7) is 14.1. The quantitative estimate of drug-likeness (QED) is 0.794. The molecule has 2 unspecified atom stereocenters. The Labute approximate surface area is 134 Å². The van der Waals surface area contributed by atoms with Crippen LogP contribution in [0.4, 0.5) is 0 Å². The second-order valence-electron chi connectivity index (χ2n) is 7.90. The summed E-state index contributed by atoms with van der Waals surface area (Å²) in [6, 6.07) is 3.93. The van der Waals surface area contributed by atoms with Gasteiger partial charge in [0, 0.05) is 11.0 Å². The molecule has 22 heavy (non-hydrogen) atoms. The van der Waals surface area contributed by atoms with Crippen molar-refractivity contribution in [3.05, 3.63) is 28.8 Å². The van der Waals surface area contributed by atoms with Gasteiger partial charge in [0.15, 0.2) is 0 Å². The lowest BCUT2D eigenvalue weighted by Gasteiger charge is -2.28. The van der Waals surface area contributed by atoms with Crippen LogP contribution in [0.5, 0.6) is 5.75 Å². The predicted octanol–water partition coefficient (Wildman–Crippen LogP) is 4.58. The zero-order chi connectivity index (χ0) is 17.3. The molecule has 0 fully saturated rings. The smallest absolute Gasteiger partial charge is 0.507 e. The molecule has 1 rings (SSSR count). The van der Waals surface area contributed by atoms with Gasteiger partial charge in [-0.25, -0.2) is 0 Å². The summed E-state index contributed by atoms with van der Waals surface area (Å²) in [4.78, 5) is 8.86. The summed E-state index contributed by atoms with van der Waals surface area (Å²) in [6.07, 6.45) is 0.160. The molecule has 0 saturated heterocycles. The minimum atomic E-state index is -2.60. The fourth-order valence-corrected chi connectivity index (χ4v) is 2.86. The summed E-state index contributed by atoms with van der Waals surface area (Å²) in [5, 5.41) is 10.6. The van der Waals surface area contributed by atoms with Crippen LogP contribution in [0.2, 0.25) is 0 Å². The van der Waals surface area contributed by atoms with Crippen molar-refractivity contribution in [1.29, 1.82) is 0 Å². The van der Waals surface area contributed by atoms with E-state index in [2.05, 4.69) is 41.5 Å². The van der Waals surface area contributed by atoms with E-state index in [9.17, 15) is 9.67 Å². The first-order valence-corrected chi connectivity index (χ1v) is 8.65. The monoisotopic (exact) mass is 327 g/mol. The molecule has 0 aliphatic heterocycles. The highest BCUT2D eigenvalue weighted by Gasteiger charge is 2.27. The SMILES string of the molecule is CC(Cc1cc(C(C)(C)C)c(O)c(C(C)(C)C)c1)O[P+](=O)O. The van der Waals surface area contributed by atoms with E-state index >= 15 is 0 Å². The number of rotatable bonds is 4. The Morgan fingerprint density at radius 2 is 1.50 bits per heavy atom. The molecule has 124 valence electrons. The van der Waals surface area contributed by atoms with Gasteiger partial charge in [0.05, 0.1) is 0 Å². The van der Waals surface area contributed by atoms with Gasteiger partial charge >= 0.3 is 8.25 Å². The number of phenolic OH excluding ortho intramolecular Hbond substituents is 1. The number of benzene rings is 1. The Morgan fingerprint density at radius 1 is 1.09 bits per heavy atom. The van der Waals surface area contributed by atoms with Crippen LogP contribution in [-0.4, -0.2) is 16.1 Å².